The molecule has 0 aromatic heterocycles. The fourth-order valence-electron chi connectivity index (χ4n) is 1.79. The van der Waals surface area contributed by atoms with Crippen molar-refractivity contribution in [2.45, 2.75) is 92.9 Å². The Kier molecular flexibility index (Phi) is 40.4. The molecule has 0 fully saturated rings. The van der Waals surface area contributed by atoms with Gasteiger partial charge in [-0.3, -0.25) is 9.59 Å². The van der Waals surface area contributed by atoms with Crippen molar-refractivity contribution in [2.24, 2.45) is 11.8 Å². The van der Waals surface area contributed by atoms with Crippen LogP contribution in [-0.2, 0) is 40.9 Å². The van der Waals surface area contributed by atoms with Gasteiger partial charge in [0.1, 0.15) is 11.6 Å². The van der Waals surface area contributed by atoms with Crippen LogP contribution in [0.15, 0.2) is 0 Å². The van der Waals surface area contributed by atoms with E-state index in [0.717, 1.165) is 38.5 Å². The Labute approximate surface area is 202 Å². The molecule has 0 aliphatic carbocycles. The first-order chi connectivity index (χ1) is 14.0. The SMILES string of the molecule is CCCCC(C(C)=O)C(=O)[O-].CCCCC(C(C)=O)C(=O)[O-].CCCO.CCCO.[Ti+2]. The van der Waals surface area contributed by atoms with E-state index in [1.807, 2.05) is 27.7 Å². The third-order valence-electron chi connectivity index (χ3n) is 3.69. The van der Waals surface area contributed by atoms with E-state index in [4.69, 9.17) is 10.2 Å². The van der Waals surface area contributed by atoms with E-state index in [-0.39, 0.29) is 33.3 Å². The number of aliphatic carboxylic acids is 2. The molecule has 0 bridgehead atoms. The zero-order valence-electron chi connectivity index (χ0n) is 20.1. The molecule has 31 heavy (non-hydrogen) atoms. The van der Waals surface area contributed by atoms with Gasteiger partial charge in [0, 0.05) is 13.2 Å². The van der Waals surface area contributed by atoms with Crippen molar-refractivity contribution in [1.29, 1.82) is 0 Å². The summed E-state index contributed by atoms with van der Waals surface area (Å²) in [6, 6.07) is 0. The number of carboxylic acids is 2. The van der Waals surface area contributed by atoms with Crippen LogP contribution in [-0.4, -0.2) is 46.9 Å². The summed E-state index contributed by atoms with van der Waals surface area (Å²) in [6.07, 6.45) is 5.90. The second kappa shape index (κ2) is 31.1. The van der Waals surface area contributed by atoms with Gasteiger partial charge in [-0.25, -0.2) is 0 Å². The molecule has 2 atom stereocenters. The predicted molar refractivity (Wildman–Crippen MR) is 112 cm³/mol. The summed E-state index contributed by atoms with van der Waals surface area (Å²) >= 11 is 0. The molecular weight excluding hydrogens is 440 g/mol. The largest absolute Gasteiger partial charge is 2.00 e. The first-order valence-electron chi connectivity index (χ1n) is 10.7. The predicted octanol–water partition coefficient (Wildman–Crippen LogP) is 1.04. The average molecular weight is 482 g/mol. The van der Waals surface area contributed by atoms with Crippen LogP contribution in [0.5, 0.6) is 0 Å². The first kappa shape index (κ1) is 40.3. The van der Waals surface area contributed by atoms with Gasteiger partial charge in [0.25, 0.3) is 0 Å². The molecule has 8 nitrogen and oxygen atoms in total. The minimum absolute atomic E-state index is 0. The number of carbonyl (C=O) groups excluding carboxylic acids is 4. The summed E-state index contributed by atoms with van der Waals surface area (Å²) in [5, 5.41) is 36.4. The topological polar surface area (TPSA) is 155 Å². The fraction of sp³-hybridized carbons (Fsp3) is 0.818. The van der Waals surface area contributed by atoms with Crippen LogP contribution in [0, 0.1) is 11.8 Å². The Morgan fingerprint density at radius 1 is 0.645 bits per heavy atom. The monoisotopic (exact) mass is 482 g/mol. The fourth-order valence-corrected chi connectivity index (χ4v) is 1.79. The minimum atomic E-state index is -1.24. The Bertz CT molecular complexity index is 369. The molecule has 0 amide bonds. The summed E-state index contributed by atoms with van der Waals surface area (Å²) in [4.78, 5) is 42.0. The summed E-state index contributed by atoms with van der Waals surface area (Å²) < 4.78 is 0. The molecule has 9 heteroatoms. The number of Topliss-reactive ketones (excluding diaryl/α,β-unsaturated/α-hetero) is 2. The summed E-state index contributed by atoms with van der Waals surface area (Å²) in [5.41, 5.74) is 0. The molecule has 2 N–H and O–H groups in total. The van der Waals surface area contributed by atoms with Crippen molar-refractivity contribution in [2.75, 3.05) is 13.2 Å². The summed E-state index contributed by atoms with van der Waals surface area (Å²) in [5.74, 6) is -4.89. The second-order valence-corrected chi connectivity index (χ2v) is 6.70. The van der Waals surface area contributed by atoms with E-state index in [2.05, 4.69) is 0 Å². The summed E-state index contributed by atoms with van der Waals surface area (Å²) in [7, 11) is 0. The maximum Gasteiger partial charge on any atom is 2.00 e. The van der Waals surface area contributed by atoms with Crippen molar-refractivity contribution >= 4 is 23.5 Å². The minimum Gasteiger partial charge on any atom is -0.549 e. The maximum atomic E-state index is 10.7. The molecule has 2 unspecified atom stereocenters. The van der Waals surface area contributed by atoms with E-state index in [9.17, 15) is 29.4 Å². The molecule has 0 saturated heterocycles. The van der Waals surface area contributed by atoms with Crippen LogP contribution in [0.1, 0.15) is 92.9 Å². The van der Waals surface area contributed by atoms with Gasteiger partial charge in [0.15, 0.2) is 0 Å². The number of hydrogen-bond donors (Lipinski definition) is 2. The number of hydrogen-bond acceptors (Lipinski definition) is 8. The molecule has 0 aromatic rings. The zero-order chi connectivity index (χ0) is 24.5. The van der Waals surface area contributed by atoms with E-state index in [1.165, 1.54) is 13.8 Å². The Morgan fingerprint density at radius 3 is 0.968 bits per heavy atom. The van der Waals surface area contributed by atoms with Crippen LogP contribution in [0.25, 0.3) is 0 Å². The van der Waals surface area contributed by atoms with Crippen LogP contribution in [0.4, 0.5) is 0 Å². The van der Waals surface area contributed by atoms with Crippen LogP contribution >= 0.6 is 0 Å². The number of aliphatic hydroxyl groups is 2. The molecule has 0 spiro atoms. The van der Waals surface area contributed by atoms with Crippen molar-refractivity contribution in [3.63, 3.8) is 0 Å². The van der Waals surface area contributed by atoms with Crippen LogP contribution in [0.2, 0.25) is 0 Å². The van der Waals surface area contributed by atoms with Crippen molar-refractivity contribution < 1.29 is 61.3 Å². The molecule has 0 aromatic carbocycles. The Balaban J connectivity index is -0.000000106. The summed E-state index contributed by atoms with van der Waals surface area (Å²) in [6.45, 7) is 11.0. The normalized spacial score (nSPS) is 10.8. The van der Waals surface area contributed by atoms with Crippen LogP contribution in [0.3, 0.4) is 0 Å². The van der Waals surface area contributed by atoms with Crippen molar-refractivity contribution in [1.82, 2.24) is 0 Å². The Morgan fingerprint density at radius 2 is 0.871 bits per heavy atom. The van der Waals surface area contributed by atoms with Crippen LogP contribution < -0.4 is 10.2 Å². The number of ketones is 2. The third-order valence-corrected chi connectivity index (χ3v) is 3.69. The van der Waals surface area contributed by atoms with Gasteiger partial charge in [-0.15, -0.1) is 0 Å². The quantitative estimate of drug-likeness (QED) is 0.309. The molecule has 0 aliphatic rings. The van der Waals surface area contributed by atoms with Gasteiger partial charge in [-0.05, 0) is 39.5 Å². The average Bonchev–Trinajstić information content (AvgIpc) is 2.68. The van der Waals surface area contributed by atoms with Crippen molar-refractivity contribution in [3.05, 3.63) is 0 Å². The van der Waals surface area contributed by atoms with E-state index in [0.29, 0.717) is 26.1 Å². The molecule has 0 heterocycles. The number of carbonyl (C=O) groups is 4. The molecule has 0 saturated carbocycles. The van der Waals surface area contributed by atoms with Gasteiger partial charge in [0.05, 0.1) is 23.8 Å². The van der Waals surface area contributed by atoms with E-state index in [1.54, 1.807) is 0 Å². The number of rotatable bonds is 12. The van der Waals surface area contributed by atoms with Gasteiger partial charge >= 0.3 is 21.7 Å². The smallest absolute Gasteiger partial charge is 0.549 e. The molecular formula is C22H42O8Ti. The van der Waals surface area contributed by atoms with Gasteiger partial charge in [-0.2, -0.15) is 0 Å². The first-order valence-corrected chi connectivity index (χ1v) is 10.7. The standard InChI is InChI=1S/2C8H14O3.2C3H8O.Ti/c2*1-3-4-5-7(6(2)9)8(10)11;2*1-2-3-4;/h2*7H,3-5H2,1-2H3,(H,10,11);2*4H,2-3H2,1H3;/q;;;;+2/p-2. The number of unbranched alkanes of at least 4 members (excludes halogenated alkanes) is 2. The molecule has 0 aliphatic heterocycles. The van der Waals surface area contributed by atoms with Gasteiger partial charge in [-0.1, -0.05) is 53.4 Å². The molecule has 0 radical (unpaired) electrons. The van der Waals surface area contributed by atoms with E-state index >= 15 is 0 Å². The number of aliphatic hydroxyl groups excluding tert-OH is 2. The van der Waals surface area contributed by atoms with Gasteiger partial charge < -0.3 is 30.0 Å². The third kappa shape index (κ3) is 33.7. The second-order valence-electron chi connectivity index (χ2n) is 6.70. The van der Waals surface area contributed by atoms with Gasteiger partial charge in [0.2, 0.25) is 0 Å². The van der Waals surface area contributed by atoms with E-state index < -0.39 is 23.8 Å². The molecule has 182 valence electrons. The van der Waals surface area contributed by atoms with Crippen molar-refractivity contribution in [3.8, 4) is 0 Å². The zero-order valence-corrected chi connectivity index (χ0v) is 21.6. The Hall–Kier alpha value is -1.09. The molecule has 0 rings (SSSR count). The maximum absolute atomic E-state index is 10.7. The number of carboxylic acid groups (broad SMARTS) is 2.